The lowest BCUT2D eigenvalue weighted by Gasteiger charge is -2.18. The van der Waals surface area contributed by atoms with E-state index in [0.717, 1.165) is 4.90 Å². The van der Waals surface area contributed by atoms with Gasteiger partial charge in [0.1, 0.15) is 5.69 Å². The second-order valence-electron chi connectivity index (χ2n) is 6.89. The Kier molecular flexibility index (Phi) is 5.77. The molecule has 0 fully saturated rings. The molecule has 4 rings (SSSR count). The molecule has 3 heterocycles. The van der Waals surface area contributed by atoms with E-state index in [1.165, 1.54) is 22.9 Å². The van der Waals surface area contributed by atoms with Gasteiger partial charge in [-0.05, 0) is 43.5 Å². The molecule has 0 atom stereocenters. The third-order valence-corrected chi connectivity index (χ3v) is 5.53. The number of hydrogen-bond acceptors (Lipinski definition) is 7. The summed E-state index contributed by atoms with van der Waals surface area (Å²) in [5.74, 6) is -0.144. The summed E-state index contributed by atoms with van der Waals surface area (Å²) >= 11 is 1.54. The van der Waals surface area contributed by atoms with Gasteiger partial charge in [0, 0.05) is 11.9 Å². The Morgan fingerprint density at radius 3 is 2.74 bits per heavy atom. The van der Waals surface area contributed by atoms with Crippen molar-refractivity contribution in [2.24, 2.45) is 0 Å². The first-order chi connectivity index (χ1) is 15.0. The van der Waals surface area contributed by atoms with Crippen LogP contribution in [0.4, 0.5) is 5.69 Å². The summed E-state index contributed by atoms with van der Waals surface area (Å²) in [6.45, 7) is 1.62. The second kappa shape index (κ2) is 8.65. The van der Waals surface area contributed by atoms with Gasteiger partial charge in [-0.3, -0.25) is 9.59 Å². The first-order valence-corrected chi connectivity index (χ1v) is 10.7. The standard InChI is InChI=1S/C22H20N4O4S/c1-13-20-14(11-16(17-8-6-10-29-17)24-21(20)30-25-13)22(28)26(2)12-19(27)23-15-7-4-5-9-18(15)31-3/h4-11H,12H2,1-3H3,(H,23,27). The summed E-state index contributed by atoms with van der Waals surface area (Å²) in [4.78, 5) is 32.5. The number of furan rings is 1. The number of benzene rings is 1. The molecule has 0 spiro atoms. The third kappa shape index (κ3) is 4.17. The van der Waals surface area contributed by atoms with Crippen LogP contribution >= 0.6 is 11.8 Å². The molecule has 0 saturated heterocycles. The minimum Gasteiger partial charge on any atom is -0.463 e. The van der Waals surface area contributed by atoms with Crippen molar-refractivity contribution in [1.29, 1.82) is 0 Å². The fourth-order valence-electron chi connectivity index (χ4n) is 3.24. The maximum absolute atomic E-state index is 13.3. The van der Waals surface area contributed by atoms with Crippen LogP contribution in [0.5, 0.6) is 0 Å². The maximum Gasteiger partial charge on any atom is 0.259 e. The van der Waals surface area contributed by atoms with Crippen LogP contribution in [0, 0.1) is 6.92 Å². The Bertz CT molecular complexity index is 1250. The van der Waals surface area contributed by atoms with Gasteiger partial charge in [-0.25, -0.2) is 4.98 Å². The molecule has 1 N–H and O–H groups in total. The van der Waals surface area contributed by atoms with Crippen molar-refractivity contribution in [3.05, 3.63) is 60.0 Å². The van der Waals surface area contributed by atoms with Gasteiger partial charge in [0.05, 0.1) is 35.1 Å². The van der Waals surface area contributed by atoms with Crippen LogP contribution < -0.4 is 5.32 Å². The highest BCUT2D eigenvalue weighted by Crippen LogP contribution is 2.28. The van der Waals surface area contributed by atoms with Crippen LogP contribution in [0.15, 0.2) is 62.6 Å². The SMILES string of the molecule is CSc1ccccc1NC(=O)CN(C)C(=O)c1cc(-c2ccco2)nc2onc(C)c12. The molecule has 4 aromatic rings. The van der Waals surface area contributed by atoms with E-state index in [1.807, 2.05) is 30.5 Å². The minimum absolute atomic E-state index is 0.119. The van der Waals surface area contributed by atoms with E-state index in [9.17, 15) is 9.59 Å². The number of rotatable bonds is 6. The van der Waals surface area contributed by atoms with Crippen molar-refractivity contribution in [3.63, 3.8) is 0 Å². The summed E-state index contributed by atoms with van der Waals surface area (Å²) < 4.78 is 10.7. The van der Waals surface area contributed by atoms with Crippen molar-refractivity contribution >= 4 is 40.4 Å². The van der Waals surface area contributed by atoms with Gasteiger partial charge in [0.25, 0.3) is 11.6 Å². The molecule has 8 nitrogen and oxygen atoms in total. The number of likely N-dealkylation sites (N-methyl/N-ethyl adjacent to an activating group) is 1. The molecule has 0 saturated carbocycles. The number of hydrogen-bond donors (Lipinski definition) is 1. The van der Waals surface area contributed by atoms with Crippen molar-refractivity contribution in [3.8, 4) is 11.5 Å². The van der Waals surface area contributed by atoms with Gasteiger partial charge >= 0.3 is 0 Å². The minimum atomic E-state index is -0.347. The predicted molar refractivity (Wildman–Crippen MR) is 118 cm³/mol. The van der Waals surface area contributed by atoms with E-state index >= 15 is 0 Å². The van der Waals surface area contributed by atoms with Crippen LogP contribution in [-0.4, -0.2) is 46.7 Å². The number of nitrogens with one attached hydrogen (secondary N) is 1. The van der Waals surface area contributed by atoms with Crippen LogP contribution in [-0.2, 0) is 4.79 Å². The van der Waals surface area contributed by atoms with E-state index in [2.05, 4.69) is 15.5 Å². The zero-order valence-electron chi connectivity index (χ0n) is 17.2. The lowest BCUT2D eigenvalue weighted by atomic mass is 10.1. The highest BCUT2D eigenvalue weighted by molar-refractivity contribution is 7.98. The number of para-hydroxylation sites is 1. The summed E-state index contributed by atoms with van der Waals surface area (Å²) in [5, 5.41) is 7.31. The van der Waals surface area contributed by atoms with Gasteiger partial charge in [0.2, 0.25) is 5.91 Å². The normalized spacial score (nSPS) is 10.9. The number of thioether (sulfide) groups is 1. The van der Waals surface area contributed by atoms with E-state index in [0.29, 0.717) is 33.8 Å². The van der Waals surface area contributed by atoms with E-state index in [4.69, 9.17) is 8.94 Å². The summed E-state index contributed by atoms with van der Waals surface area (Å²) in [5.41, 5.74) is 2.28. The third-order valence-electron chi connectivity index (χ3n) is 4.73. The molecule has 0 aliphatic carbocycles. The number of fused-ring (bicyclic) bond motifs is 1. The van der Waals surface area contributed by atoms with Gasteiger partial charge in [-0.2, -0.15) is 0 Å². The number of carbonyl (C=O) groups is 2. The lowest BCUT2D eigenvalue weighted by Crippen LogP contribution is -2.35. The quantitative estimate of drug-likeness (QED) is 0.452. The van der Waals surface area contributed by atoms with Gasteiger partial charge < -0.3 is 19.2 Å². The zero-order valence-corrected chi connectivity index (χ0v) is 18.0. The first kappa shape index (κ1) is 20.7. The Morgan fingerprint density at radius 2 is 2.00 bits per heavy atom. The lowest BCUT2D eigenvalue weighted by molar-refractivity contribution is -0.116. The molecule has 1 aromatic carbocycles. The zero-order chi connectivity index (χ0) is 22.0. The average Bonchev–Trinajstić information content (AvgIpc) is 3.43. The average molecular weight is 436 g/mol. The van der Waals surface area contributed by atoms with E-state index in [-0.39, 0.29) is 24.1 Å². The smallest absolute Gasteiger partial charge is 0.259 e. The van der Waals surface area contributed by atoms with Crippen molar-refractivity contribution in [2.45, 2.75) is 11.8 Å². The Morgan fingerprint density at radius 1 is 1.19 bits per heavy atom. The van der Waals surface area contributed by atoms with Gasteiger partial charge in [0.15, 0.2) is 5.76 Å². The molecule has 0 aliphatic heterocycles. The molecule has 0 bridgehead atoms. The highest BCUT2D eigenvalue weighted by atomic mass is 32.2. The largest absolute Gasteiger partial charge is 0.463 e. The van der Waals surface area contributed by atoms with Crippen molar-refractivity contribution < 1.29 is 18.5 Å². The van der Waals surface area contributed by atoms with E-state index in [1.54, 1.807) is 32.2 Å². The van der Waals surface area contributed by atoms with Crippen molar-refractivity contribution in [1.82, 2.24) is 15.0 Å². The van der Waals surface area contributed by atoms with Gasteiger partial charge in [-0.15, -0.1) is 11.8 Å². The summed E-state index contributed by atoms with van der Waals surface area (Å²) in [6, 6.07) is 12.6. The molecule has 0 unspecified atom stereocenters. The molecule has 9 heteroatoms. The maximum atomic E-state index is 13.3. The number of nitrogens with zero attached hydrogens (tertiary/aromatic N) is 3. The molecule has 0 radical (unpaired) electrons. The van der Waals surface area contributed by atoms with Crippen LogP contribution in [0.2, 0.25) is 0 Å². The van der Waals surface area contributed by atoms with E-state index < -0.39 is 0 Å². The Balaban J connectivity index is 1.60. The second-order valence-corrected chi connectivity index (χ2v) is 7.74. The Hall–Kier alpha value is -3.59. The number of amides is 2. The Labute approximate surface area is 182 Å². The van der Waals surface area contributed by atoms with Crippen LogP contribution in [0.1, 0.15) is 16.1 Å². The monoisotopic (exact) mass is 436 g/mol. The number of aryl methyl sites for hydroxylation is 1. The van der Waals surface area contributed by atoms with Crippen LogP contribution in [0.3, 0.4) is 0 Å². The number of anilines is 1. The summed E-state index contributed by atoms with van der Waals surface area (Å²) in [6.07, 6.45) is 3.46. The number of pyridine rings is 1. The summed E-state index contributed by atoms with van der Waals surface area (Å²) in [7, 11) is 1.57. The fraction of sp³-hybridized carbons (Fsp3) is 0.182. The van der Waals surface area contributed by atoms with Gasteiger partial charge in [-0.1, -0.05) is 17.3 Å². The number of carbonyl (C=O) groups excluding carboxylic acids is 2. The molecule has 0 aliphatic rings. The molecule has 3 aromatic heterocycles. The predicted octanol–water partition coefficient (Wildman–Crippen LogP) is 4.22. The van der Waals surface area contributed by atoms with Crippen LogP contribution in [0.25, 0.3) is 22.6 Å². The molecular weight excluding hydrogens is 416 g/mol. The fourth-order valence-corrected chi connectivity index (χ4v) is 3.80. The molecule has 31 heavy (non-hydrogen) atoms. The van der Waals surface area contributed by atoms with Crippen molar-refractivity contribution in [2.75, 3.05) is 25.2 Å². The highest BCUT2D eigenvalue weighted by Gasteiger charge is 2.23. The molecule has 2 amide bonds. The first-order valence-electron chi connectivity index (χ1n) is 9.47. The molecule has 158 valence electrons. The number of aromatic nitrogens is 2. The topological polar surface area (TPSA) is 101 Å². The molecular formula is C22H20N4O4S.